The zero-order valence-corrected chi connectivity index (χ0v) is 7.02. The number of halogens is 2. The van der Waals surface area contributed by atoms with Crippen molar-refractivity contribution in [3.8, 4) is 0 Å². The zero-order valence-electron chi connectivity index (χ0n) is 7.02. The first kappa shape index (κ1) is 8.42. The minimum atomic E-state index is -2.51. The average Bonchev–Trinajstić information content (AvgIpc) is 2.78. The van der Waals surface area contributed by atoms with E-state index in [1.165, 1.54) is 0 Å². The molecule has 2 rings (SSSR count). The van der Waals surface area contributed by atoms with Gasteiger partial charge in [0.15, 0.2) is 0 Å². The van der Waals surface area contributed by atoms with Crippen LogP contribution in [0.5, 0.6) is 0 Å². The van der Waals surface area contributed by atoms with E-state index >= 15 is 0 Å². The molecule has 1 N–H and O–H groups in total. The van der Waals surface area contributed by atoms with E-state index in [0.29, 0.717) is 18.8 Å². The van der Waals surface area contributed by atoms with Crippen molar-refractivity contribution in [1.29, 1.82) is 0 Å². The Balaban J connectivity index is 1.96. The van der Waals surface area contributed by atoms with Crippen LogP contribution in [0.15, 0.2) is 0 Å². The molecule has 0 heterocycles. The highest BCUT2D eigenvalue weighted by atomic mass is 19.3. The van der Waals surface area contributed by atoms with Crippen molar-refractivity contribution in [2.75, 3.05) is 0 Å². The lowest BCUT2D eigenvalue weighted by Crippen LogP contribution is -2.40. The van der Waals surface area contributed by atoms with Gasteiger partial charge in [-0.2, -0.15) is 0 Å². The van der Waals surface area contributed by atoms with Crippen molar-refractivity contribution >= 4 is 0 Å². The third kappa shape index (κ3) is 1.47. The molecule has 0 radical (unpaired) electrons. The standard InChI is InChI=1S/C9H14F2O/c10-9(11)5-3-8(12,4-6-9)7-1-2-7/h7,12H,1-6H2. The fourth-order valence-electron chi connectivity index (χ4n) is 2.08. The summed E-state index contributed by atoms with van der Waals surface area (Å²) < 4.78 is 25.4. The van der Waals surface area contributed by atoms with Gasteiger partial charge in [0.05, 0.1) is 5.60 Å². The van der Waals surface area contributed by atoms with E-state index in [2.05, 4.69) is 0 Å². The average molecular weight is 176 g/mol. The first-order chi connectivity index (χ1) is 5.52. The maximum Gasteiger partial charge on any atom is 0.248 e. The molecule has 0 saturated heterocycles. The van der Waals surface area contributed by atoms with Gasteiger partial charge >= 0.3 is 0 Å². The molecule has 2 aliphatic carbocycles. The molecule has 2 saturated carbocycles. The van der Waals surface area contributed by atoms with Gasteiger partial charge in [0.2, 0.25) is 5.92 Å². The Morgan fingerprint density at radius 3 is 1.92 bits per heavy atom. The Labute approximate surface area is 70.8 Å². The van der Waals surface area contributed by atoms with Crippen molar-refractivity contribution in [3.63, 3.8) is 0 Å². The van der Waals surface area contributed by atoms with Crippen LogP contribution < -0.4 is 0 Å². The van der Waals surface area contributed by atoms with Crippen LogP contribution >= 0.6 is 0 Å². The molecule has 0 atom stereocenters. The van der Waals surface area contributed by atoms with Crippen LogP contribution in [0.2, 0.25) is 0 Å². The fourth-order valence-corrected chi connectivity index (χ4v) is 2.08. The number of hydrogen-bond acceptors (Lipinski definition) is 1. The quantitative estimate of drug-likeness (QED) is 0.650. The Morgan fingerprint density at radius 2 is 1.50 bits per heavy atom. The molecule has 70 valence electrons. The van der Waals surface area contributed by atoms with Gasteiger partial charge < -0.3 is 5.11 Å². The summed E-state index contributed by atoms with van der Waals surface area (Å²) in [6.07, 6.45) is 2.40. The normalized spacial score (nSPS) is 33.2. The monoisotopic (exact) mass is 176 g/mol. The first-order valence-electron chi connectivity index (χ1n) is 4.62. The second-order valence-electron chi connectivity index (χ2n) is 4.23. The highest BCUT2D eigenvalue weighted by Crippen LogP contribution is 2.50. The van der Waals surface area contributed by atoms with Gasteiger partial charge in [-0.05, 0) is 31.6 Å². The number of aliphatic hydroxyl groups is 1. The van der Waals surface area contributed by atoms with Gasteiger partial charge in [-0.1, -0.05) is 0 Å². The Morgan fingerprint density at radius 1 is 1.00 bits per heavy atom. The van der Waals surface area contributed by atoms with Crippen molar-refractivity contribution in [2.24, 2.45) is 5.92 Å². The van der Waals surface area contributed by atoms with Crippen LogP contribution in [0.3, 0.4) is 0 Å². The van der Waals surface area contributed by atoms with Crippen molar-refractivity contribution < 1.29 is 13.9 Å². The van der Waals surface area contributed by atoms with Crippen LogP contribution in [0, 0.1) is 5.92 Å². The first-order valence-corrected chi connectivity index (χ1v) is 4.62. The van der Waals surface area contributed by atoms with Crippen molar-refractivity contribution in [1.82, 2.24) is 0 Å². The predicted molar refractivity (Wildman–Crippen MR) is 41.1 cm³/mol. The number of rotatable bonds is 1. The molecule has 0 aromatic carbocycles. The molecule has 2 aliphatic rings. The van der Waals surface area contributed by atoms with Gasteiger partial charge in [0.25, 0.3) is 0 Å². The Kier molecular flexibility index (Phi) is 1.69. The lowest BCUT2D eigenvalue weighted by atomic mass is 9.79. The molecule has 0 unspecified atom stereocenters. The van der Waals surface area contributed by atoms with Crippen LogP contribution in [-0.2, 0) is 0 Å². The van der Waals surface area contributed by atoms with Gasteiger partial charge in [-0.25, -0.2) is 8.78 Å². The molecular weight excluding hydrogens is 162 g/mol. The summed E-state index contributed by atoms with van der Waals surface area (Å²) in [7, 11) is 0. The van der Waals surface area contributed by atoms with Gasteiger partial charge in [-0.15, -0.1) is 0 Å². The summed E-state index contributed by atoms with van der Waals surface area (Å²) in [4.78, 5) is 0. The van der Waals surface area contributed by atoms with E-state index < -0.39 is 11.5 Å². The largest absolute Gasteiger partial charge is 0.390 e. The van der Waals surface area contributed by atoms with E-state index in [1.54, 1.807) is 0 Å². The lowest BCUT2D eigenvalue weighted by molar-refractivity contribution is -0.112. The molecule has 0 aliphatic heterocycles. The second-order valence-corrected chi connectivity index (χ2v) is 4.23. The molecule has 0 bridgehead atoms. The molecule has 0 aromatic rings. The summed E-state index contributed by atoms with van der Waals surface area (Å²) in [5.74, 6) is -2.19. The van der Waals surface area contributed by atoms with E-state index in [4.69, 9.17) is 0 Å². The van der Waals surface area contributed by atoms with Crippen molar-refractivity contribution in [2.45, 2.75) is 50.0 Å². The third-order valence-corrected chi connectivity index (χ3v) is 3.18. The molecule has 0 aromatic heterocycles. The number of alkyl halides is 2. The topological polar surface area (TPSA) is 20.2 Å². The van der Waals surface area contributed by atoms with Gasteiger partial charge in [0, 0.05) is 12.8 Å². The molecule has 2 fully saturated rings. The summed E-state index contributed by atoms with van der Waals surface area (Å²) in [5, 5.41) is 9.91. The maximum atomic E-state index is 12.7. The molecular formula is C9H14F2O. The van der Waals surface area contributed by atoms with Crippen LogP contribution in [0.4, 0.5) is 8.78 Å². The highest BCUT2D eigenvalue weighted by Gasteiger charge is 2.49. The molecule has 0 spiro atoms. The van der Waals surface area contributed by atoms with Crippen LogP contribution in [0.25, 0.3) is 0 Å². The van der Waals surface area contributed by atoms with E-state index in [0.717, 1.165) is 12.8 Å². The molecule has 12 heavy (non-hydrogen) atoms. The molecule has 1 nitrogen and oxygen atoms in total. The van der Waals surface area contributed by atoms with E-state index in [9.17, 15) is 13.9 Å². The van der Waals surface area contributed by atoms with Crippen molar-refractivity contribution in [3.05, 3.63) is 0 Å². The zero-order chi connectivity index (χ0) is 8.82. The summed E-state index contributed by atoms with van der Waals surface area (Å²) in [6, 6.07) is 0. The Bertz CT molecular complexity index is 177. The second kappa shape index (κ2) is 2.41. The minimum absolute atomic E-state index is 0.125. The minimum Gasteiger partial charge on any atom is -0.390 e. The molecule has 3 heteroatoms. The summed E-state index contributed by atoms with van der Waals surface area (Å²) >= 11 is 0. The maximum absolute atomic E-state index is 12.7. The smallest absolute Gasteiger partial charge is 0.248 e. The lowest BCUT2D eigenvalue weighted by Gasteiger charge is -2.36. The van der Waals surface area contributed by atoms with Gasteiger partial charge in [0.1, 0.15) is 0 Å². The van der Waals surface area contributed by atoms with E-state index in [1.807, 2.05) is 0 Å². The van der Waals surface area contributed by atoms with Crippen LogP contribution in [0.1, 0.15) is 38.5 Å². The fraction of sp³-hybridized carbons (Fsp3) is 1.00. The molecule has 0 amide bonds. The Hall–Kier alpha value is -0.180. The predicted octanol–water partition coefficient (Wildman–Crippen LogP) is 2.34. The highest BCUT2D eigenvalue weighted by molar-refractivity contribution is 4.98. The van der Waals surface area contributed by atoms with E-state index in [-0.39, 0.29) is 12.8 Å². The third-order valence-electron chi connectivity index (χ3n) is 3.18. The van der Waals surface area contributed by atoms with Crippen LogP contribution in [-0.4, -0.2) is 16.6 Å². The number of hydrogen-bond donors (Lipinski definition) is 1. The summed E-state index contributed by atoms with van der Waals surface area (Å²) in [5.41, 5.74) is -0.734. The summed E-state index contributed by atoms with van der Waals surface area (Å²) in [6.45, 7) is 0. The van der Waals surface area contributed by atoms with Gasteiger partial charge in [-0.3, -0.25) is 0 Å². The SMILES string of the molecule is OC1(C2CC2)CCC(F)(F)CC1.